The van der Waals surface area contributed by atoms with Crippen LogP contribution in [0.3, 0.4) is 0 Å². The number of hydrogen-bond acceptors (Lipinski definition) is 1. The van der Waals surface area contributed by atoms with Gasteiger partial charge in [0.1, 0.15) is 0 Å². The Morgan fingerprint density at radius 1 is 1.73 bits per heavy atom. The first-order valence-corrected chi connectivity index (χ1v) is 3.26. The fourth-order valence-electron chi connectivity index (χ4n) is 0.814. The molecule has 0 aliphatic rings. The Balaban J connectivity index is 2.84. The van der Waals surface area contributed by atoms with Gasteiger partial charge in [0.15, 0.2) is 0 Å². The fourth-order valence-corrected chi connectivity index (χ4v) is 0.814. The number of anilines is 1. The van der Waals surface area contributed by atoms with Gasteiger partial charge in [-0.2, -0.15) is 0 Å². The van der Waals surface area contributed by atoms with Crippen LogP contribution in [0.15, 0.2) is 18.5 Å². The second-order valence-electron chi connectivity index (χ2n) is 2.43. The maximum Gasteiger partial charge on any atom is 0.319 e. The number of carbonyl (C=O) groups excluding carboxylic acids is 1. The number of carbonyl (C=O) groups is 1. The van der Waals surface area contributed by atoms with Gasteiger partial charge in [0.2, 0.25) is 0 Å². The number of primary amides is 1. The van der Waals surface area contributed by atoms with Crippen molar-refractivity contribution in [2.45, 2.75) is 0 Å². The van der Waals surface area contributed by atoms with Gasteiger partial charge in [0.25, 0.3) is 0 Å². The molecule has 4 heteroatoms. The monoisotopic (exact) mass is 153 g/mol. The Morgan fingerprint density at radius 2 is 2.36 bits per heavy atom. The first-order chi connectivity index (χ1) is 5.11. The lowest BCUT2D eigenvalue weighted by atomic mass is 10.5. The van der Waals surface area contributed by atoms with Crippen LogP contribution >= 0.6 is 0 Å². The van der Waals surface area contributed by atoms with E-state index in [2.05, 4.69) is 0 Å². The topological polar surface area (TPSA) is 51.3 Å². The van der Waals surface area contributed by atoms with Gasteiger partial charge in [-0.05, 0) is 6.07 Å². The summed E-state index contributed by atoms with van der Waals surface area (Å²) in [6, 6.07) is 1.38. The Kier molecular flexibility index (Phi) is 1.85. The Bertz CT molecular complexity index is 266. The minimum absolute atomic E-state index is 0.448. The van der Waals surface area contributed by atoms with E-state index in [-0.39, 0.29) is 0 Å². The van der Waals surface area contributed by atoms with Gasteiger partial charge < -0.3 is 10.3 Å². The van der Waals surface area contributed by atoms with Gasteiger partial charge >= 0.3 is 6.03 Å². The minimum atomic E-state index is -0.448. The maximum atomic E-state index is 10.6. The van der Waals surface area contributed by atoms with Crippen LogP contribution in [0.4, 0.5) is 10.5 Å². The summed E-state index contributed by atoms with van der Waals surface area (Å²) in [6.07, 6.45) is 3.68. The lowest BCUT2D eigenvalue weighted by Crippen LogP contribution is -2.31. The van der Waals surface area contributed by atoms with Crippen LogP contribution in [-0.2, 0) is 7.05 Å². The largest absolute Gasteiger partial charge is 0.355 e. The van der Waals surface area contributed by atoms with E-state index in [0.717, 1.165) is 5.69 Å². The Morgan fingerprint density at radius 3 is 2.73 bits per heavy atom. The first-order valence-electron chi connectivity index (χ1n) is 3.26. The van der Waals surface area contributed by atoms with Crippen LogP contribution in [0.25, 0.3) is 0 Å². The van der Waals surface area contributed by atoms with E-state index in [1.165, 1.54) is 4.90 Å². The van der Waals surface area contributed by atoms with Gasteiger partial charge in [-0.1, -0.05) is 0 Å². The quantitative estimate of drug-likeness (QED) is 0.629. The third kappa shape index (κ3) is 1.52. The fraction of sp³-hybridized carbons (Fsp3) is 0.286. The third-order valence-electron chi connectivity index (χ3n) is 1.53. The summed E-state index contributed by atoms with van der Waals surface area (Å²) in [7, 11) is 3.52. The molecule has 1 rings (SSSR count). The summed E-state index contributed by atoms with van der Waals surface area (Å²) in [6.45, 7) is 0. The van der Waals surface area contributed by atoms with E-state index in [0.29, 0.717) is 0 Å². The molecule has 1 aromatic rings. The highest BCUT2D eigenvalue weighted by Gasteiger charge is 2.05. The SMILES string of the molecule is CN(C(N)=O)c1ccn(C)c1. The molecule has 0 aromatic carbocycles. The van der Waals surface area contributed by atoms with Crippen LogP contribution in [0, 0.1) is 0 Å². The molecule has 1 aromatic heterocycles. The van der Waals surface area contributed by atoms with Crippen molar-refractivity contribution in [3.63, 3.8) is 0 Å². The van der Waals surface area contributed by atoms with Gasteiger partial charge in [0, 0.05) is 26.5 Å². The van der Waals surface area contributed by atoms with Gasteiger partial charge in [0.05, 0.1) is 5.69 Å². The molecule has 0 fully saturated rings. The summed E-state index contributed by atoms with van der Waals surface area (Å²) in [5, 5.41) is 0. The second kappa shape index (κ2) is 2.65. The summed E-state index contributed by atoms with van der Waals surface area (Å²) < 4.78 is 1.86. The van der Waals surface area contributed by atoms with Crippen molar-refractivity contribution in [3.05, 3.63) is 18.5 Å². The Labute approximate surface area is 65.2 Å². The number of aryl methyl sites for hydroxylation is 1. The van der Waals surface area contributed by atoms with Crippen LogP contribution in [-0.4, -0.2) is 17.6 Å². The third-order valence-corrected chi connectivity index (χ3v) is 1.53. The molecule has 2 amide bonds. The average Bonchev–Trinajstić information content (AvgIpc) is 2.34. The van der Waals surface area contributed by atoms with Crippen LogP contribution < -0.4 is 10.6 Å². The molecule has 0 atom stereocenters. The average molecular weight is 153 g/mol. The molecule has 0 radical (unpaired) electrons. The summed E-state index contributed by atoms with van der Waals surface area (Å²) in [4.78, 5) is 12.0. The molecule has 0 saturated heterocycles. The van der Waals surface area contributed by atoms with Crippen LogP contribution in [0.1, 0.15) is 0 Å². The zero-order valence-electron chi connectivity index (χ0n) is 6.61. The lowest BCUT2D eigenvalue weighted by molar-refractivity contribution is 0.255. The maximum absolute atomic E-state index is 10.6. The van der Waals surface area contributed by atoms with E-state index in [1.807, 2.05) is 30.1 Å². The predicted octanol–water partition coefficient (Wildman–Crippen LogP) is 0.540. The van der Waals surface area contributed by atoms with E-state index >= 15 is 0 Å². The molecule has 0 saturated carbocycles. The zero-order chi connectivity index (χ0) is 8.43. The standard InChI is InChI=1S/C7H11N3O/c1-9-4-3-6(5-9)10(2)7(8)11/h3-5H,1-2H3,(H2,8,11). The van der Waals surface area contributed by atoms with Crippen molar-refractivity contribution >= 4 is 11.7 Å². The number of aromatic nitrogens is 1. The van der Waals surface area contributed by atoms with Crippen molar-refractivity contribution in [2.75, 3.05) is 11.9 Å². The lowest BCUT2D eigenvalue weighted by Gasteiger charge is -2.10. The normalized spacial score (nSPS) is 9.64. The highest BCUT2D eigenvalue weighted by Crippen LogP contribution is 2.10. The number of nitrogens with two attached hydrogens (primary N) is 1. The second-order valence-corrected chi connectivity index (χ2v) is 2.43. The molecule has 4 nitrogen and oxygen atoms in total. The van der Waals surface area contributed by atoms with E-state index in [9.17, 15) is 4.79 Å². The molecular formula is C7H11N3O. The number of urea groups is 1. The van der Waals surface area contributed by atoms with Crippen molar-refractivity contribution in [1.82, 2.24) is 4.57 Å². The van der Waals surface area contributed by atoms with Crippen molar-refractivity contribution < 1.29 is 4.79 Å². The van der Waals surface area contributed by atoms with E-state index < -0.39 is 6.03 Å². The molecule has 0 spiro atoms. The molecule has 1 heterocycles. The Hall–Kier alpha value is -1.45. The molecule has 0 unspecified atom stereocenters. The highest BCUT2D eigenvalue weighted by molar-refractivity contribution is 5.89. The molecule has 0 aliphatic heterocycles. The number of amides is 2. The van der Waals surface area contributed by atoms with Crippen LogP contribution in [0.5, 0.6) is 0 Å². The van der Waals surface area contributed by atoms with Crippen LogP contribution in [0.2, 0.25) is 0 Å². The highest BCUT2D eigenvalue weighted by atomic mass is 16.2. The van der Waals surface area contributed by atoms with Crippen molar-refractivity contribution in [2.24, 2.45) is 12.8 Å². The summed E-state index contributed by atoms with van der Waals surface area (Å²) >= 11 is 0. The number of nitrogens with zero attached hydrogens (tertiary/aromatic N) is 2. The zero-order valence-corrected chi connectivity index (χ0v) is 6.61. The minimum Gasteiger partial charge on any atom is -0.355 e. The summed E-state index contributed by atoms with van der Waals surface area (Å²) in [5.74, 6) is 0. The molecule has 11 heavy (non-hydrogen) atoms. The van der Waals surface area contributed by atoms with Gasteiger partial charge in [-0.3, -0.25) is 4.90 Å². The molecule has 2 N–H and O–H groups in total. The van der Waals surface area contributed by atoms with E-state index in [4.69, 9.17) is 5.73 Å². The first kappa shape index (κ1) is 7.65. The smallest absolute Gasteiger partial charge is 0.319 e. The molecule has 0 bridgehead atoms. The van der Waals surface area contributed by atoms with Gasteiger partial charge in [-0.25, -0.2) is 4.79 Å². The summed E-state index contributed by atoms with van der Waals surface area (Å²) in [5.41, 5.74) is 5.86. The number of hydrogen-bond donors (Lipinski definition) is 1. The molecule has 0 aliphatic carbocycles. The van der Waals surface area contributed by atoms with E-state index in [1.54, 1.807) is 7.05 Å². The number of rotatable bonds is 1. The van der Waals surface area contributed by atoms with Crippen molar-refractivity contribution in [3.8, 4) is 0 Å². The predicted molar refractivity (Wildman–Crippen MR) is 43.4 cm³/mol. The van der Waals surface area contributed by atoms with Gasteiger partial charge in [-0.15, -0.1) is 0 Å². The molecule has 60 valence electrons. The van der Waals surface area contributed by atoms with Crippen molar-refractivity contribution in [1.29, 1.82) is 0 Å². The molecular weight excluding hydrogens is 142 g/mol.